The number of benzene rings is 2. The summed E-state index contributed by atoms with van der Waals surface area (Å²) in [6, 6.07) is 11.1. The van der Waals surface area contributed by atoms with Crippen molar-refractivity contribution in [1.29, 1.82) is 0 Å². The van der Waals surface area contributed by atoms with Crippen LogP contribution in [0, 0.1) is 0 Å². The summed E-state index contributed by atoms with van der Waals surface area (Å²) in [4.78, 5) is 26.9. The van der Waals surface area contributed by atoms with Gasteiger partial charge in [-0.25, -0.2) is 0 Å². The Morgan fingerprint density at radius 3 is 2.58 bits per heavy atom. The Bertz CT molecular complexity index is 1080. The van der Waals surface area contributed by atoms with Gasteiger partial charge in [-0.15, -0.1) is 6.58 Å². The van der Waals surface area contributed by atoms with Gasteiger partial charge in [0.1, 0.15) is 6.61 Å². The molecule has 1 fully saturated rings. The number of thioether (sulfide) groups is 1. The van der Waals surface area contributed by atoms with E-state index in [-0.39, 0.29) is 23.8 Å². The van der Waals surface area contributed by atoms with Crippen LogP contribution >= 0.6 is 23.4 Å². The molecule has 0 saturated carbocycles. The third-order valence-corrected chi connectivity index (χ3v) is 6.55. The number of imide groups is 1. The van der Waals surface area contributed by atoms with Gasteiger partial charge in [-0.1, -0.05) is 42.8 Å². The molecule has 0 radical (unpaired) electrons. The van der Waals surface area contributed by atoms with Gasteiger partial charge in [0.25, 0.3) is 11.1 Å². The highest BCUT2D eigenvalue weighted by atomic mass is 35.5. The van der Waals surface area contributed by atoms with E-state index >= 15 is 0 Å². The first-order valence-electron chi connectivity index (χ1n) is 10.9. The molecule has 1 saturated heterocycles. The molecule has 2 aromatic carbocycles. The summed E-state index contributed by atoms with van der Waals surface area (Å²) in [5.41, 5.74) is 2.50. The average Bonchev–Trinajstić information content (AvgIpc) is 3.07. The van der Waals surface area contributed by atoms with Crippen LogP contribution in [0.1, 0.15) is 43.9 Å². The lowest BCUT2D eigenvalue weighted by atomic mass is 10.0. The highest BCUT2D eigenvalue weighted by Crippen LogP contribution is 2.38. The molecule has 174 valence electrons. The molecule has 33 heavy (non-hydrogen) atoms. The van der Waals surface area contributed by atoms with E-state index < -0.39 is 0 Å². The van der Waals surface area contributed by atoms with Crippen LogP contribution in [0.2, 0.25) is 5.02 Å². The van der Waals surface area contributed by atoms with E-state index in [0.717, 1.165) is 28.5 Å². The van der Waals surface area contributed by atoms with Gasteiger partial charge in [0.05, 0.1) is 11.5 Å². The second kappa shape index (κ2) is 11.4. The smallest absolute Gasteiger partial charge is 0.293 e. The van der Waals surface area contributed by atoms with Crippen molar-refractivity contribution in [3.05, 3.63) is 75.7 Å². The van der Waals surface area contributed by atoms with Crippen molar-refractivity contribution in [2.24, 2.45) is 0 Å². The lowest BCUT2D eigenvalue weighted by Crippen LogP contribution is -2.36. The summed E-state index contributed by atoms with van der Waals surface area (Å²) in [7, 11) is 0. The second-order valence-electron chi connectivity index (χ2n) is 7.62. The van der Waals surface area contributed by atoms with Gasteiger partial charge in [-0.3, -0.25) is 14.5 Å². The molecule has 0 N–H and O–H groups in total. The normalized spacial score (nSPS) is 15.8. The molecule has 0 aliphatic carbocycles. The minimum Gasteiger partial charge on any atom is -0.490 e. The number of carbonyl (C=O) groups is 2. The molecule has 2 aromatic rings. The highest BCUT2D eigenvalue weighted by Gasteiger charge is 2.37. The molecule has 7 heteroatoms. The minimum absolute atomic E-state index is 0.140. The van der Waals surface area contributed by atoms with Gasteiger partial charge in [-0.05, 0) is 68.3 Å². The van der Waals surface area contributed by atoms with Crippen molar-refractivity contribution in [2.45, 2.75) is 46.3 Å². The Kier molecular flexibility index (Phi) is 8.64. The van der Waals surface area contributed by atoms with Gasteiger partial charge in [0.2, 0.25) is 0 Å². The zero-order chi connectivity index (χ0) is 24.0. The molecule has 5 nitrogen and oxygen atoms in total. The van der Waals surface area contributed by atoms with Gasteiger partial charge >= 0.3 is 0 Å². The number of rotatable bonds is 10. The van der Waals surface area contributed by atoms with Gasteiger partial charge < -0.3 is 9.47 Å². The van der Waals surface area contributed by atoms with Crippen molar-refractivity contribution >= 4 is 40.6 Å². The molecule has 1 aliphatic rings. The highest BCUT2D eigenvalue weighted by molar-refractivity contribution is 8.18. The van der Waals surface area contributed by atoms with Crippen LogP contribution in [0.25, 0.3) is 6.08 Å². The topological polar surface area (TPSA) is 55.8 Å². The number of hydrogen-bond acceptors (Lipinski definition) is 5. The van der Waals surface area contributed by atoms with Crippen LogP contribution < -0.4 is 9.47 Å². The number of halogens is 1. The average molecular weight is 486 g/mol. The van der Waals surface area contributed by atoms with Gasteiger partial charge in [0.15, 0.2) is 11.5 Å². The Balaban J connectivity index is 1.96. The molecule has 0 aromatic heterocycles. The molecular formula is C26H28ClNO4S. The van der Waals surface area contributed by atoms with Crippen molar-refractivity contribution in [1.82, 2.24) is 4.90 Å². The maximum Gasteiger partial charge on any atom is 0.293 e. The first-order valence-corrected chi connectivity index (χ1v) is 12.1. The predicted octanol–water partition coefficient (Wildman–Crippen LogP) is 6.88. The molecule has 3 rings (SSSR count). The second-order valence-corrected chi connectivity index (χ2v) is 9.02. The molecule has 1 heterocycles. The predicted molar refractivity (Wildman–Crippen MR) is 135 cm³/mol. The van der Waals surface area contributed by atoms with Crippen LogP contribution in [0.5, 0.6) is 11.5 Å². The fraction of sp³-hybridized carbons (Fsp3) is 0.308. The number of hydrogen-bond donors (Lipinski definition) is 0. The maximum atomic E-state index is 12.8. The van der Waals surface area contributed by atoms with E-state index in [1.807, 2.05) is 57.2 Å². The van der Waals surface area contributed by atoms with Crippen molar-refractivity contribution in [3.63, 3.8) is 0 Å². The number of nitrogens with zero attached hydrogens (tertiary/aromatic N) is 1. The lowest BCUT2D eigenvalue weighted by molar-refractivity contribution is -0.124. The molecule has 1 atom stereocenters. The number of carbonyl (C=O) groups excluding carboxylic acids is 2. The van der Waals surface area contributed by atoms with E-state index in [4.69, 9.17) is 21.1 Å². The number of amides is 2. The van der Waals surface area contributed by atoms with E-state index in [1.165, 1.54) is 4.90 Å². The Hall–Kier alpha value is -2.70. The van der Waals surface area contributed by atoms with Crippen LogP contribution in [0.15, 0.2) is 54.0 Å². The quantitative estimate of drug-likeness (QED) is 0.271. The van der Waals surface area contributed by atoms with E-state index in [1.54, 1.807) is 12.2 Å². The summed E-state index contributed by atoms with van der Waals surface area (Å²) in [6.07, 6.45) is 4.78. The summed E-state index contributed by atoms with van der Waals surface area (Å²) in [6.45, 7) is 10.3. The molecule has 1 aliphatic heterocycles. The third kappa shape index (κ3) is 5.81. The molecule has 0 bridgehead atoms. The number of ether oxygens (including phenoxy) is 2. The minimum atomic E-state index is -0.262. The maximum absolute atomic E-state index is 12.8. The first-order chi connectivity index (χ1) is 15.9. The van der Waals surface area contributed by atoms with Crippen LogP contribution in [0.3, 0.4) is 0 Å². The Morgan fingerprint density at radius 2 is 1.91 bits per heavy atom. The fourth-order valence-electron chi connectivity index (χ4n) is 3.46. The van der Waals surface area contributed by atoms with E-state index in [2.05, 4.69) is 6.58 Å². The molecule has 0 spiro atoms. The van der Waals surface area contributed by atoms with Crippen LogP contribution in [-0.4, -0.2) is 28.7 Å². The lowest BCUT2D eigenvalue weighted by Gasteiger charge is -2.19. The SMILES string of the molecule is C=CCc1cc(/C=C2/SC(=O)N([C@H](C)CC)C2=O)cc(OCC)c1OCc1ccccc1Cl. The largest absolute Gasteiger partial charge is 0.490 e. The fourth-order valence-corrected chi connectivity index (χ4v) is 4.58. The van der Waals surface area contributed by atoms with E-state index in [9.17, 15) is 9.59 Å². The van der Waals surface area contributed by atoms with Gasteiger partial charge in [0, 0.05) is 22.2 Å². The van der Waals surface area contributed by atoms with E-state index in [0.29, 0.717) is 40.9 Å². The zero-order valence-corrected chi connectivity index (χ0v) is 20.7. The van der Waals surface area contributed by atoms with Gasteiger partial charge in [-0.2, -0.15) is 0 Å². The Morgan fingerprint density at radius 1 is 1.15 bits per heavy atom. The molecule has 2 amide bonds. The third-order valence-electron chi connectivity index (χ3n) is 5.30. The van der Waals surface area contributed by atoms with Crippen molar-refractivity contribution in [2.75, 3.05) is 6.61 Å². The number of allylic oxidation sites excluding steroid dienone is 1. The summed E-state index contributed by atoms with van der Waals surface area (Å²) in [5, 5.41) is 0.394. The summed E-state index contributed by atoms with van der Waals surface area (Å²) >= 11 is 7.25. The van der Waals surface area contributed by atoms with Crippen molar-refractivity contribution < 1.29 is 19.1 Å². The molecule has 0 unspecified atom stereocenters. The summed E-state index contributed by atoms with van der Waals surface area (Å²) < 4.78 is 12.0. The first kappa shape index (κ1) is 24.9. The summed E-state index contributed by atoms with van der Waals surface area (Å²) in [5.74, 6) is 0.916. The van der Waals surface area contributed by atoms with Crippen LogP contribution in [0.4, 0.5) is 4.79 Å². The molecular weight excluding hydrogens is 458 g/mol. The Labute approximate surface area is 204 Å². The monoisotopic (exact) mass is 485 g/mol. The van der Waals surface area contributed by atoms with Crippen LogP contribution in [-0.2, 0) is 17.8 Å². The van der Waals surface area contributed by atoms with Crippen molar-refractivity contribution in [3.8, 4) is 11.5 Å². The zero-order valence-electron chi connectivity index (χ0n) is 19.1. The standard InChI is InChI=1S/C26H28ClNO4S/c1-5-10-19-13-18(15-23-25(29)28(17(4)6-2)26(30)33-23)14-22(31-7-3)24(19)32-16-20-11-8-9-12-21(20)27/h5,8-9,11-15,17H,1,6-7,10,16H2,2-4H3/b23-15+/t17-/m1/s1.